The lowest BCUT2D eigenvalue weighted by Gasteiger charge is -2.32. The number of hydrogen-bond acceptors (Lipinski definition) is 6. The van der Waals surface area contributed by atoms with E-state index in [0.717, 1.165) is 11.0 Å². The van der Waals surface area contributed by atoms with Crippen LogP contribution in [0.15, 0.2) is 24.3 Å². The Labute approximate surface area is 160 Å². The smallest absolute Gasteiger partial charge is 0.466 e. The molecule has 0 saturated carbocycles. The van der Waals surface area contributed by atoms with Gasteiger partial charge in [-0.3, -0.25) is 4.79 Å². The van der Waals surface area contributed by atoms with Gasteiger partial charge in [0, 0.05) is 7.05 Å². The Kier molecular flexibility index (Phi) is 6.04. The van der Waals surface area contributed by atoms with Gasteiger partial charge >= 0.3 is 13.1 Å². The number of carbonyl (C=O) groups excluding carboxylic acids is 2. The van der Waals surface area contributed by atoms with Gasteiger partial charge in [0.2, 0.25) is 5.60 Å². The summed E-state index contributed by atoms with van der Waals surface area (Å²) in [7, 11) is 2.20. The Morgan fingerprint density at radius 2 is 1.63 bits per heavy atom. The van der Waals surface area contributed by atoms with Crippen molar-refractivity contribution in [2.24, 2.45) is 0 Å². The maximum Gasteiger partial charge on any atom is 0.494 e. The largest absolute Gasteiger partial charge is 0.494 e. The predicted molar refractivity (Wildman–Crippen MR) is 101 cm³/mol. The molecule has 2 rings (SSSR count). The van der Waals surface area contributed by atoms with Gasteiger partial charge < -0.3 is 24.1 Å². The van der Waals surface area contributed by atoms with E-state index in [1.807, 2.05) is 52.0 Å². The van der Waals surface area contributed by atoms with Crippen molar-refractivity contribution in [3.63, 3.8) is 0 Å². The average molecular weight is 377 g/mol. The van der Waals surface area contributed by atoms with Crippen LogP contribution in [0.25, 0.3) is 0 Å². The van der Waals surface area contributed by atoms with E-state index in [2.05, 4.69) is 5.32 Å². The zero-order valence-corrected chi connectivity index (χ0v) is 17.0. The molecule has 0 aliphatic carbocycles. The molecule has 1 unspecified atom stereocenters. The number of hydrogen-bond donors (Lipinski definition) is 1. The fourth-order valence-corrected chi connectivity index (χ4v) is 2.63. The van der Waals surface area contributed by atoms with Gasteiger partial charge in [-0.2, -0.15) is 0 Å². The molecule has 27 heavy (non-hydrogen) atoms. The second-order valence-electron chi connectivity index (χ2n) is 7.72. The normalized spacial score (nSPS) is 20.0. The van der Waals surface area contributed by atoms with Crippen LogP contribution >= 0.6 is 0 Å². The number of ether oxygens (including phenoxy) is 2. The number of nitrogens with one attached hydrogen (secondary N) is 1. The third-order valence-electron chi connectivity index (χ3n) is 5.27. The highest BCUT2D eigenvalue weighted by Crippen LogP contribution is 2.36. The number of carbonyl (C=O) groups is 2. The van der Waals surface area contributed by atoms with Gasteiger partial charge in [-0.1, -0.05) is 24.3 Å². The minimum Gasteiger partial charge on any atom is -0.466 e. The first kappa shape index (κ1) is 21.4. The summed E-state index contributed by atoms with van der Waals surface area (Å²) >= 11 is 0. The lowest BCUT2D eigenvalue weighted by molar-refractivity contribution is -0.175. The number of rotatable bonds is 6. The second-order valence-corrected chi connectivity index (χ2v) is 7.72. The van der Waals surface area contributed by atoms with Crippen LogP contribution in [-0.4, -0.2) is 50.0 Å². The summed E-state index contributed by atoms with van der Waals surface area (Å²) in [6.07, 6.45) is 0. The van der Waals surface area contributed by atoms with E-state index in [0.29, 0.717) is 0 Å². The summed E-state index contributed by atoms with van der Waals surface area (Å²) in [4.78, 5) is 24.0. The number of amides is 1. The summed E-state index contributed by atoms with van der Waals surface area (Å²) in [6, 6.07) is 7.47. The van der Waals surface area contributed by atoms with Crippen LogP contribution in [-0.2, 0) is 35.0 Å². The maximum absolute atomic E-state index is 12.0. The summed E-state index contributed by atoms with van der Waals surface area (Å²) in [5.41, 5.74) is -0.841. The van der Waals surface area contributed by atoms with Gasteiger partial charge in [0.15, 0.2) is 0 Å². The third-order valence-corrected chi connectivity index (χ3v) is 5.27. The van der Waals surface area contributed by atoms with Crippen molar-refractivity contribution >= 4 is 24.5 Å². The van der Waals surface area contributed by atoms with Crippen LogP contribution in [0, 0.1) is 0 Å². The number of methoxy groups -OCH3 is 1. The topological polar surface area (TPSA) is 83.1 Å². The van der Waals surface area contributed by atoms with E-state index >= 15 is 0 Å². The molecule has 1 saturated heterocycles. The van der Waals surface area contributed by atoms with Crippen LogP contribution < -0.4 is 10.8 Å². The lowest BCUT2D eigenvalue weighted by atomic mass is 9.79. The van der Waals surface area contributed by atoms with Crippen LogP contribution in [0.5, 0.6) is 0 Å². The van der Waals surface area contributed by atoms with E-state index < -0.39 is 35.8 Å². The zero-order chi connectivity index (χ0) is 20.5. The van der Waals surface area contributed by atoms with Gasteiger partial charge in [-0.05, 0) is 45.6 Å². The molecule has 148 valence electrons. The van der Waals surface area contributed by atoms with E-state index in [-0.39, 0.29) is 6.61 Å². The van der Waals surface area contributed by atoms with Gasteiger partial charge in [0.25, 0.3) is 5.91 Å². The van der Waals surface area contributed by atoms with Crippen molar-refractivity contribution < 1.29 is 28.4 Å². The summed E-state index contributed by atoms with van der Waals surface area (Å²) < 4.78 is 22.4. The zero-order valence-electron chi connectivity index (χ0n) is 17.0. The highest BCUT2D eigenvalue weighted by atomic mass is 16.7. The Hall–Kier alpha value is -1.90. The molecule has 0 aromatic heterocycles. The molecule has 1 atom stereocenters. The molecule has 7 nitrogen and oxygen atoms in total. The number of esters is 1. The molecule has 1 fully saturated rings. The average Bonchev–Trinajstić information content (AvgIpc) is 2.86. The molecule has 1 aliphatic heterocycles. The highest BCUT2D eigenvalue weighted by molar-refractivity contribution is 6.62. The first-order chi connectivity index (χ1) is 12.5. The standard InChI is InChI=1S/C19H28BNO6/c1-17(2)18(3,4)27-20(26-17)14-10-8-13(9-11-14)12-25-19(5,15(22)21-6)16(23)24-7/h8-11H,12H2,1-7H3,(H,21,22). The van der Waals surface area contributed by atoms with Crippen molar-refractivity contribution in [2.45, 2.75) is 58.0 Å². The molecule has 8 heteroatoms. The van der Waals surface area contributed by atoms with E-state index in [1.54, 1.807) is 0 Å². The number of likely N-dealkylation sites (N-methyl/N-ethyl adjacent to an activating group) is 1. The predicted octanol–water partition coefficient (Wildman–Crippen LogP) is 1.18. The van der Waals surface area contributed by atoms with Gasteiger partial charge in [-0.25, -0.2) is 4.79 Å². The Balaban J connectivity index is 2.08. The van der Waals surface area contributed by atoms with Crippen molar-refractivity contribution in [2.75, 3.05) is 14.2 Å². The Morgan fingerprint density at radius 3 is 2.07 bits per heavy atom. The van der Waals surface area contributed by atoms with Crippen molar-refractivity contribution in [3.8, 4) is 0 Å². The van der Waals surface area contributed by atoms with E-state index in [9.17, 15) is 9.59 Å². The minimum absolute atomic E-state index is 0.0721. The summed E-state index contributed by atoms with van der Waals surface area (Å²) in [6.45, 7) is 9.46. The molecule has 1 aliphatic rings. The highest BCUT2D eigenvalue weighted by Gasteiger charge is 2.51. The molecule has 0 bridgehead atoms. The quantitative estimate of drug-likeness (QED) is 0.456. The van der Waals surface area contributed by atoms with Gasteiger partial charge in [-0.15, -0.1) is 0 Å². The van der Waals surface area contributed by atoms with Crippen molar-refractivity contribution in [1.29, 1.82) is 0 Å². The second kappa shape index (κ2) is 7.62. The molecular weight excluding hydrogens is 349 g/mol. The SMILES string of the molecule is CNC(=O)C(C)(OCc1ccc(B2OC(C)(C)C(C)(C)O2)cc1)C(=O)OC. The molecule has 0 radical (unpaired) electrons. The van der Waals surface area contributed by atoms with Crippen LogP contribution in [0.2, 0.25) is 0 Å². The first-order valence-electron chi connectivity index (χ1n) is 8.86. The van der Waals surface area contributed by atoms with Gasteiger partial charge in [0.1, 0.15) is 0 Å². The lowest BCUT2D eigenvalue weighted by Crippen LogP contribution is -2.52. The molecule has 0 spiro atoms. The Morgan fingerprint density at radius 1 is 1.11 bits per heavy atom. The maximum atomic E-state index is 12.0. The molecule has 1 heterocycles. The molecule has 1 N–H and O–H groups in total. The fraction of sp³-hybridized carbons (Fsp3) is 0.579. The first-order valence-corrected chi connectivity index (χ1v) is 8.86. The van der Waals surface area contributed by atoms with E-state index in [4.69, 9.17) is 18.8 Å². The molecule has 1 aromatic carbocycles. The molecule has 1 aromatic rings. The number of benzene rings is 1. The monoisotopic (exact) mass is 377 g/mol. The molecular formula is C19H28BNO6. The van der Waals surface area contributed by atoms with Crippen molar-refractivity contribution in [1.82, 2.24) is 5.32 Å². The summed E-state index contributed by atoms with van der Waals surface area (Å²) in [5, 5.41) is 2.42. The fourth-order valence-electron chi connectivity index (χ4n) is 2.63. The molecule has 1 amide bonds. The minimum atomic E-state index is -1.71. The third kappa shape index (κ3) is 4.18. The van der Waals surface area contributed by atoms with Crippen molar-refractivity contribution in [3.05, 3.63) is 29.8 Å². The van der Waals surface area contributed by atoms with Crippen LogP contribution in [0.1, 0.15) is 40.2 Å². The van der Waals surface area contributed by atoms with E-state index in [1.165, 1.54) is 21.1 Å². The Bertz CT molecular complexity index is 669. The van der Waals surface area contributed by atoms with Gasteiger partial charge in [0.05, 0.1) is 24.9 Å². The van der Waals surface area contributed by atoms with Crippen LogP contribution in [0.3, 0.4) is 0 Å². The van der Waals surface area contributed by atoms with Crippen LogP contribution in [0.4, 0.5) is 0 Å². The summed E-state index contributed by atoms with van der Waals surface area (Å²) in [5.74, 6) is -1.32.